The molecule has 3 nitrogen and oxygen atoms in total. The maximum atomic E-state index is 13.6. The number of hydrogen-bond acceptors (Lipinski definition) is 2. The monoisotopic (exact) mass is 315 g/mol. The predicted molar refractivity (Wildman–Crippen MR) is 87.8 cm³/mol. The Morgan fingerprint density at radius 1 is 1.09 bits per heavy atom. The van der Waals surface area contributed by atoms with Gasteiger partial charge in [0, 0.05) is 17.7 Å². The first-order valence-electron chi connectivity index (χ1n) is 7.66. The number of alkyl halides is 2. The molecular formula is C18H19F2N3. The Morgan fingerprint density at radius 3 is 2.43 bits per heavy atom. The summed E-state index contributed by atoms with van der Waals surface area (Å²) in [6.45, 7) is 8.30. The summed E-state index contributed by atoms with van der Waals surface area (Å²) in [6, 6.07) is 7.39. The number of benzene rings is 1. The Morgan fingerprint density at radius 2 is 1.83 bits per heavy atom. The lowest BCUT2D eigenvalue weighted by molar-refractivity contribution is 0.153. The topological polar surface area (TPSA) is 30.7 Å². The molecule has 5 heteroatoms. The van der Waals surface area contributed by atoms with E-state index < -0.39 is 6.43 Å². The van der Waals surface area contributed by atoms with Crippen LogP contribution in [-0.2, 0) is 6.54 Å². The summed E-state index contributed by atoms with van der Waals surface area (Å²) in [4.78, 5) is 4.62. The summed E-state index contributed by atoms with van der Waals surface area (Å²) in [5, 5.41) is 4.81. The maximum absolute atomic E-state index is 13.6. The van der Waals surface area contributed by atoms with Crippen LogP contribution in [0.3, 0.4) is 0 Å². The average molecular weight is 315 g/mol. The van der Waals surface area contributed by atoms with Gasteiger partial charge >= 0.3 is 0 Å². The minimum absolute atomic E-state index is 0.000396. The number of aryl methyl sites for hydroxylation is 4. The molecule has 0 aliphatic carbocycles. The Bertz CT molecular complexity index is 882. The zero-order valence-electron chi connectivity index (χ0n) is 13.7. The molecule has 0 saturated heterocycles. The zero-order valence-corrected chi connectivity index (χ0v) is 13.7. The van der Waals surface area contributed by atoms with Crippen molar-refractivity contribution in [3.05, 3.63) is 46.6 Å². The molecule has 0 bridgehead atoms. The molecule has 3 aromatic rings. The fraction of sp³-hybridized carbons (Fsp3) is 0.333. The van der Waals surface area contributed by atoms with Crippen LogP contribution in [0, 0.1) is 20.8 Å². The van der Waals surface area contributed by atoms with Gasteiger partial charge in [0.15, 0.2) is 5.65 Å². The fourth-order valence-electron chi connectivity index (χ4n) is 2.83. The molecule has 0 spiro atoms. The van der Waals surface area contributed by atoms with E-state index >= 15 is 0 Å². The van der Waals surface area contributed by atoms with Gasteiger partial charge in [0.05, 0.1) is 16.8 Å². The lowest BCUT2D eigenvalue weighted by Crippen LogP contribution is -2.00. The number of fused-ring (bicyclic) bond motifs is 1. The number of halogens is 2. The van der Waals surface area contributed by atoms with Crippen molar-refractivity contribution >= 4 is 11.0 Å². The standard InChI is InChI=1S/C18H19F2N3/c1-5-23-18-16(12(4)22-23)14(17(19)20)9-15(21-18)13-7-6-10(2)11(3)8-13/h6-9,17H,5H2,1-4H3. The molecular weight excluding hydrogens is 296 g/mol. The minimum Gasteiger partial charge on any atom is -0.247 e. The van der Waals surface area contributed by atoms with Crippen LogP contribution in [0.5, 0.6) is 0 Å². The van der Waals surface area contributed by atoms with E-state index in [0.29, 0.717) is 29.0 Å². The van der Waals surface area contributed by atoms with Crippen molar-refractivity contribution < 1.29 is 8.78 Å². The Kier molecular flexibility index (Phi) is 3.88. The number of nitrogens with zero attached hydrogens (tertiary/aromatic N) is 3. The van der Waals surface area contributed by atoms with Crippen LogP contribution in [0.4, 0.5) is 8.78 Å². The molecule has 0 aliphatic heterocycles. The lowest BCUT2D eigenvalue weighted by atomic mass is 10.0. The molecule has 0 radical (unpaired) electrons. The molecule has 0 fully saturated rings. The molecule has 23 heavy (non-hydrogen) atoms. The van der Waals surface area contributed by atoms with E-state index in [1.807, 2.05) is 39.0 Å². The van der Waals surface area contributed by atoms with Crippen molar-refractivity contribution in [3.8, 4) is 11.3 Å². The van der Waals surface area contributed by atoms with Crippen molar-refractivity contribution in [1.82, 2.24) is 14.8 Å². The molecule has 3 rings (SSSR count). The molecule has 0 saturated carbocycles. The second-order valence-corrected chi connectivity index (χ2v) is 5.80. The van der Waals surface area contributed by atoms with E-state index in [1.54, 1.807) is 11.6 Å². The molecule has 0 aliphatic rings. The van der Waals surface area contributed by atoms with Gasteiger partial charge in [0.2, 0.25) is 0 Å². The quantitative estimate of drug-likeness (QED) is 0.682. The van der Waals surface area contributed by atoms with E-state index in [-0.39, 0.29) is 5.56 Å². The summed E-state index contributed by atoms with van der Waals surface area (Å²) in [6.07, 6.45) is -2.56. The zero-order chi connectivity index (χ0) is 16.7. The largest absolute Gasteiger partial charge is 0.264 e. The maximum Gasteiger partial charge on any atom is 0.264 e. The highest BCUT2D eigenvalue weighted by molar-refractivity contribution is 5.85. The van der Waals surface area contributed by atoms with Crippen LogP contribution in [0.15, 0.2) is 24.3 Å². The lowest BCUT2D eigenvalue weighted by Gasteiger charge is -2.09. The summed E-state index contributed by atoms with van der Waals surface area (Å²) in [5.74, 6) is 0. The van der Waals surface area contributed by atoms with E-state index in [2.05, 4.69) is 10.1 Å². The molecule has 0 N–H and O–H groups in total. The van der Waals surface area contributed by atoms with Crippen LogP contribution < -0.4 is 0 Å². The van der Waals surface area contributed by atoms with E-state index in [4.69, 9.17) is 0 Å². The van der Waals surface area contributed by atoms with Gasteiger partial charge in [0.25, 0.3) is 6.43 Å². The number of rotatable bonds is 3. The van der Waals surface area contributed by atoms with Gasteiger partial charge in [-0.25, -0.2) is 18.4 Å². The summed E-state index contributed by atoms with van der Waals surface area (Å²) < 4.78 is 28.8. The van der Waals surface area contributed by atoms with Crippen LogP contribution in [0.2, 0.25) is 0 Å². The molecule has 0 unspecified atom stereocenters. The van der Waals surface area contributed by atoms with Crippen molar-refractivity contribution in [2.24, 2.45) is 0 Å². The third kappa shape index (κ3) is 2.60. The van der Waals surface area contributed by atoms with E-state index in [1.165, 1.54) is 11.6 Å². The SMILES string of the molecule is CCn1nc(C)c2c(C(F)F)cc(-c3ccc(C)c(C)c3)nc21. The first-order valence-corrected chi connectivity index (χ1v) is 7.66. The summed E-state index contributed by atoms with van der Waals surface area (Å²) >= 11 is 0. The van der Waals surface area contributed by atoms with Gasteiger partial charge < -0.3 is 0 Å². The van der Waals surface area contributed by atoms with Gasteiger partial charge in [0.1, 0.15) is 0 Å². The van der Waals surface area contributed by atoms with Gasteiger partial charge in [-0.1, -0.05) is 12.1 Å². The van der Waals surface area contributed by atoms with Gasteiger partial charge in [-0.3, -0.25) is 0 Å². The molecule has 2 heterocycles. The van der Waals surface area contributed by atoms with Crippen LogP contribution >= 0.6 is 0 Å². The second kappa shape index (κ2) is 5.72. The number of aromatic nitrogens is 3. The highest BCUT2D eigenvalue weighted by Gasteiger charge is 2.20. The number of hydrogen-bond donors (Lipinski definition) is 0. The van der Waals surface area contributed by atoms with Crippen molar-refractivity contribution in [2.75, 3.05) is 0 Å². The highest BCUT2D eigenvalue weighted by atomic mass is 19.3. The third-order valence-corrected chi connectivity index (χ3v) is 4.25. The molecule has 120 valence electrons. The Balaban J connectivity index is 2.31. The van der Waals surface area contributed by atoms with Crippen LogP contribution in [0.1, 0.15) is 35.7 Å². The van der Waals surface area contributed by atoms with Gasteiger partial charge in [-0.2, -0.15) is 5.10 Å². The first-order chi connectivity index (χ1) is 10.9. The summed E-state index contributed by atoms with van der Waals surface area (Å²) in [5.41, 5.74) is 4.80. The average Bonchev–Trinajstić information content (AvgIpc) is 2.85. The molecule has 2 aromatic heterocycles. The second-order valence-electron chi connectivity index (χ2n) is 5.80. The van der Waals surface area contributed by atoms with E-state index in [0.717, 1.165) is 11.1 Å². The molecule has 0 amide bonds. The van der Waals surface area contributed by atoms with Gasteiger partial charge in [-0.05, 0) is 51.0 Å². The third-order valence-electron chi connectivity index (χ3n) is 4.25. The first kappa shape index (κ1) is 15.6. The van der Waals surface area contributed by atoms with Crippen LogP contribution in [0.25, 0.3) is 22.3 Å². The van der Waals surface area contributed by atoms with Crippen molar-refractivity contribution in [2.45, 2.75) is 40.7 Å². The minimum atomic E-state index is -2.56. The van der Waals surface area contributed by atoms with Crippen molar-refractivity contribution in [1.29, 1.82) is 0 Å². The van der Waals surface area contributed by atoms with Crippen LogP contribution in [-0.4, -0.2) is 14.8 Å². The predicted octanol–water partition coefficient (Wildman–Crippen LogP) is 4.98. The smallest absolute Gasteiger partial charge is 0.247 e. The highest BCUT2D eigenvalue weighted by Crippen LogP contribution is 2.33. The molecule has 0 atom stereocenters. The Hall–Kier alpha value is -2.30. The Labute approximate surface area is 134 Å². The van der Waals surface area contributed by atoms with Gasteiger partial charge in [-0.15, -0.1) is 0 Å². The van der Waals surface area contributed by atoms with Crippen molar-refractivity contribution in [3.63, 3.8) is 0 Å². The number of pyridine rings is 1. The normalized spacial score (nSPS) is 11.6. The van der Waals surface area contributed by atoms with E-state index in [9.17, 15) is 8.78 Å². The summed E-state index contributed by atoms with van der Waals surface area (Å²) in [7, 11) is 0. The molecule has 1 aromatic carbocycles. The fourth-order valence-corrected chi connectivity index (χ4v) is 2.83.